The first-order valence-corrected chi connectivity index (χ1v) is 4.28. The van der Waals surface area contributed by atoms with E-state index >= 15 is 0 Å². The standard InChI is InChI=1S/C9H13O/c10-6-9-4-2-7-1-3-8(9)5-7/h7-9H,1-5H2. The van der Waals surface area contributed by atoms with Crippen molar-refractivity contribution in [3.8, 4) is 0 Å². The second-order valence-corrected chi connectivity index (χ2v) is 3.74. The van der Waals surface area contributed by atoms with Gasteiger partial charge in [0.2, 0.25) is 6.29 Å². The topological polar surface area (TPSA) is 17.1 Å². The maximum atomic E-state index is 10.4. The molecule has 0 amide bonds. The Morgan fingerprint density at radius 3 is 2.70 bits per heavy atom. The van der Waals surface area contributed by atoms with Crippen LogP contribution in [0.4, 0.5) is 0 Å². The molecule has 2 aliphatic rings. The van der Waals surface area contributed by atoms with Crippen LogP contribution in [0.3, 0.4) is 0 Å². The molecule has 0 saturated heterocycles. The molecular formula is C9H13O. The summed E-state index contributed by atoms with van der Waals surface area (Å²) in [5, 5.41) is 0. The van der Waals surface area contributed by atoms with E-state index in [1.807, 2.05) is 0 Å². The molecule has 0 aromatic carbocycles. The van der Waals surface area contributed by atoms with E-state index in [4.69, 9.17) is 0 Å². The van der Waals surface area contributed by atoms with Crippen LogP contribution in [0.1, 0.15) is 32.1 Å². The highest BCUT2D eigenvalue weighted by atomic mass is 16.1. The Labute approximate surface area is 61.8 Å². The number of rotatable bonds is 1. The molecule has 0 aliphatic heterocycles. The lowest BCUT2D eigenvalue weighted by Gasteiger charge is -2.23. The Hall–Kier alpha value is -0.330. The van der Waals surface area contributed by atoms with E-state index in [9.17, 15) is 4.79 Å². The Morgan fingerprint density at radius 1 is 1.10 bits per heavy atom. The van der Waals surface area contributed by atoms with Crippen molar-refractivity contribution in [2.45, 2.75) is 32.1 Å². The minimum Gasteiger partial charge on any atom is -0.291 e. The predicted octanol–water partition coefficient (Wildman–Crippen LogP) is 1.92. The highest BCUT2D eigenvalue weighted by Gasteiger charge is 2.35. The van der Waals surface area contributed by atoms with Gasteiger partial charge in [-0.15, -0.1) is 0 Å². The molecule has 1 heteroatoms. The number of fused-ring (bicyclic) bond motifs is 2. The Balaban J connectivity index is 2.06. The van der Waals surface area contributed by atoms with Gasteiger partial charge in [-0.2, -0.15) is 0 Å². The van der Waals surface area contributed by atoms with E-state index in [1.54, 1.807) is 0 Å². The maximum absolute atomic E-state index is 10.4. The molecule has 0 spiro atoms. The fourth-order valence-electron chi connectivity index (χ4n) is 2.55. The van der Waals surface area contributed by atoms with Crippen LogP contribution in [-0.2, 0) is 4.79 Å². The van der Waals surface area contributed by atoms with Crippen LogP contribution >= 0.6 is 0 Å². The van der Waals surface area contributed by atoms with Gasteiger partial charge < -0.3 is 0 Å². The van der Waals surface area contributed by atoms with Gasteiger partial charge in [-0.05, 0) is 37.5 Å². The zero-order chi connectivity index (χ0) is 6.97. The molecule has 55 valence electrons. The summed E-state index contributed by atoms with van der Waals surface area (Å²) in [6.45, 7) is 0. The van der Waals surface area contributed by atoms with E-state index < -0.39 is 0 Å². The van der Waals surface area contributed by atoms with Crippen LogP contribution in [0.2, 0.25) is 0 Å². The fourth-order valence-corrected chi connectivity index (χ4v) is 2.55. The molecular weight excluding hydrogens is 124 g/mol. The average molecular weight is 137 g/mol. The third-order valence-corrected chi connectivity index (χ3v) is 3.19. The monoisotopic (exact) mass is 137 g/mol. The molecule has 2 saturated carbocycles. The first-order valence-electron chi connectivity index (χ1n) is 4.28. The van der Waals surface area contributed by atoms with Gasteiger partial charge >= 0.3 is 0 Å². The first-order chi connectivity index (χ1) is 4.90. The van der Waals surface area contributed by atoms with Gasteiger partial charge in [0, 0.05) is 5.92 Å². The second-order valence-electron chi connectivity index (χ2n) is 3.74. The molecule has 3 unspecified atom stereocenters. The molecule has 0 aromatic heterocycles. The molecule has 1 nitrogen and oxygen atoms in total. The lowest BCUT2D eigenvalue weighted by atomic mass is 9.81. The summed E-state index contributed by atoms with van der Waals surface area (Å²) in [5.74, 6) is 1.99. The zero-order valence-electron chi connectivity index (χ0n) is 6.18. The van der Waals surface area contributed by atoms with Crippen molar-refractivity contribution in [2.75, 3.05) is 0 Å². The van der Waals surface area contributed by atoms with E-state index in [0.29, 0.717) is 5.92 Å². The zero-order valence-corrected chi connectivity index (χ0v) is 6.18. The molecule has 1 radical (unpaired) electrons. The van der Waals surface area contributed by atoms with Crippen molar-refractivity contribution in [3.63, 3.8) is 0 Å². The fraction of sp³-hybridized carbons (Fsp3) is 0.889. The lowest BCUT2D eigenvalue weighted by molar-refractivity contribution is 0.299. The van der Waals surface area contributed by atoms with Crippen LogP contribution in [0.15, 0.2) is 0 Å². The van der Waals surface area contributed by atoms with Crippen LogP contribution < -0.4 is 0 Å². The smallest absolute Gasteiger partial charge is 0.202 e. The summed E-state index contributed by atoms with van der Waals surface area (Å²) in [5.41, 5.74) is 0. The highest BCUT2D eigenvalue weighted by molar-refractivity contribution is 5.55. The van der Waals surface area contributed by atoms with E-state index in [0.717, 1.165) is 18.3 Å². The van der Waals surface area contributed by atoms with Gasteiger partial charge in [-0.1, -0.05) is 6.42 Å². The predicted molar refractivity (Wildman–Crippen MR) is 39.2 cm³/mol. The van der Waals surface area contributed by atoms with Crippen molar-refractivity contribution in [3.05, 3.63) is 0 Å². The van der Waals surface area contributed by atoms with Gasteiger partial charge in [0.25, 0.3) is 0 Å². The Morgan fingerprint density at radius 2 is 1.90 bits per heavy atom. The molecule has 2 rings (SSSR count). The maximum Gasteiger partial charge on any atom is 0.202 e. The molecule has 10 heavy (non-hydrogen) atoms. The molecule has 2 fully saturated rings. The summed E-state index contributed by atoms with van der Waals surface area (Å²) >= 11 is 0. The molecule has 2 aliphatic carbocycles. The average Bonchev–Trinajstić information content (AvgIpc) is 2.34. The summed E-state index contributed by atoms with van der Waals surface area (Å²) in [4.78, 5) is 10.4. The third-order valence-electron chi connectivity index (χ3n) is 3.19. The molecule has 2 bridgehead atoms. The third kappa shape index (κ3) is 0.882. The summed E-state index contributed by atoms with van der Waals surface area (Å²) < 4.78 is 0. The van der Waals surface area contributed by atoms with Gasteiger partial charge in [0.15, 0.2) is 0 Å². The van der Waals surface area contributed by atoms with Crippen molar-refractivity contribution in [2.24, 2.45) is 17.8 Å². The van der Waals surface area contributed by atoms with E-state index in [2.05, 4.69) is 6.29 Å². The van der Waals surface area contributed by atoms with Gasteiger partial charge in [-0.25, -0.2) is 0 Å². The summed E-state index contributed by atoms with van der Waals surface area (Å²) in [6.07, 6.45) is 8.59. The van der Waals surface area contributed by atoms with E-state index in [-0.39, 0.29) is 0 Å². The summed E-state index contributed by atoms with van der Waals surface area (Å²) in [6, 6.07) is 0. The van der Waals surface area contributed by atoms with Crippen molar-refractivity contribution in [1.82, 2.24) is 0 Å². The van der Waals surface area contributed by atoms with Crippen LogP contribution in [-0.4, -0.2) is 6.29 Å². The number of hydrogen-bond acceptors (Lipinski definition) is 1. The van der Waals surface area contributed by atoms with Crippen LogP contribution in [0.25, 0.3) is 0 Å². The molecule has 0 heterocycles. The van der Waals surface area contributed by atoms with Gasteiger partial charge in [0.1, 0.15) is 0 Å². The Bertz CT molecular complexity index is 142. The van der Waals surface area contributed by atoms with Crippen molar-refractivity contribution in [1.29, 1.82) is 0 Å². The summed E-state index contributed by atoms with van der Waals surface area (Å²) in [7, 11) is 0. The minimum absolute atomic E-state index is 0.304. The second kappa shape index (κ2) is 2.37. The number of hydrogen-bond donors (Lipinski definition) is 0. The van der Waals surface area contributed by atoms with Gasteiger partial charge in [-0.3, -0.25) is 4.79 Å². The van der Waals surface area contributed by atoms with Gasteiger partial charge in [0.05, 0.1) is 0 Å². The van der Waals surface area contributed by atoms with Crippen molar-refractivity contribution >= 4 is 6.29 Å². The minimum atomic E-state index is 0.304. The molecule has 0 aromatic rings. The largest absolute Gasteiger partial charge is 0.291 e. The SMILES string of the molecule is O=[C]C1CCC2CCC1C2. The first kappa shape index (κ1) is 6.38. The lowest BCUT2D eigenvalue weighted by Crippen LogP contribution is -2.18. The molecule has 3 atom stereocenters. The normalized spacial score (nSPS) is 45.4. The van der Waals surface area contributed by atoms with Crippen LogP contribution in [0.5, 0.6) is 0 Å². The quantitative estimate of drug-likeness (QED) is 0.539. The van der Waals surface area contributed by atoms with Crippen LogP contribution in [0, 0.1) is 17.8 Å². The molecule has 0 N–H and O–H groups in total. The Kier molecular flexibility index (Phi) is 1.51. The van der Waals surface area contributed by atoms with E-state index in [1.165, 1.54) is 25.7 Å². The number of carbonyl (C=O) groups excluding carboxylic acids is 1. The van der Waals surface area contributed by atoms with Crippen molar-refractivity contribution < 1.29 is 4.79 Å². The highest BCUT2D eigenvalue weighted by Crippen LogP contribution is 2.44.